The van der Waals surface area contributed by atoms with Crippen LogP contribution in [0.5, 0.6) is 0 Å². The fourth-order valence-electron chi connectivity index (χ4n) is 2.10. The van der Waals surface area contributed by atoms with Gasteiger partial charge in [-0.05, 0) is 25.0 Å². The van der Waals surface area contributed by atoms with Crippen molar-refractivity contribution in [2.24, 2.45) is 0 Å². The number of hydrogen-bond donors (Lipinski definition) is 0. The van der Waals surface area contributed by atoms with Gasteiger partial charge in [-0.3, -0.25) is 0 Å². The van der Waals surface area contributed by atoms with Gasteiger partial charge >= 0.3 is 0 Å². The summed E-state index contributed by atoms with van der Waals surface area (Å²) >= 11 is 0. The van der Waals surface area contributed by atoms with Crippen LogP contribution in [0.2, 0.25) is 0 Å². The highest BCUT2D eigenvalue weighted by molar-refractivity contribution is 5.52. The molecule has 2 heteroatoms. The minimum Gasteiger partial charge on any atom is -0.460 e. The summed E-state index contributed by atoms with van der Waals surface area (Å²) in [7, 11) is 0. The number of rotatable bonds is 7. The van der Waals surface area contributed by atoms with Gasteiger partial charge in [0.05, 0.1) is 0 Å². The van der Waals surface area contributed by atoms with Gasteiger partial charge in [-0.15, -0.1) is 5.73 Å². The van der Waals surface area contributed by atoms with Crippen LogP contribution in [-0.2, 0) is 19.3 Å². The van der Waals surface area contributed by atoms with Crippen molar-refractivity contribution in [2.75, 3.05) is 0 Å². The number of hydrogen-bond acceptors (Lipinski definition) is 1. The standard InChI is InChI=1S/C18H21FO/c1-5-8-9-13-18-15(6-2)16(17(7-3)20-18)12-10-11-14(4)19/h5,8,10-11,13H,1,4,6-7,12H2,2-3H3/b11-10+. The molecule has 0 radical (unpaired) electrons. The molecule has 106 valence electrons. The maximum absolute atomic E-state index is 12.6. The summed E-state index contributed by atoms with van der Waals surface area (Å²) in [4.78, 5) is 0. The third kappa shape index (κ3) is 4.25. The first kappa shape index (κ1) is 16.0. The molecule has 1 aromatic heterocycles. The Labute approximate surface area is 120 Å². The van der Waals surface area contributed by atoms with E-state index < -0.39 is 5.83 Å². The van der Waals surface area contributed by atoms with Crippen LogP contribution in [0.15, 0.2) is 53.4 Å². The molecule has 1 heterocycles. The number of allylic oxidation sites excluding steroid dienone is 5. The molecule has 0 amide bonds. The molecule has 0 unspecified atom stereocenters. The lowest BCUT2D eigenvalue weighted by atomic mass is 10.0. The van der Waals surface area contributed by atoms with Crippen molar-refractivity contribution < 1.29 is 8.81 Å². The van der Waals surface area contributed by atoms with Gasteiger partial charge in [0.15, 0.2) is 0 Å². The second-order valence-corrected chi connectivity index (χ2v) is 4.32. The van der Waals surface area contributed by atoms with Crippen LogP contribution in [0.1, 0.15) is 36.5 Å². The van der Waals surface area contributed by atoms with Crippen LogP contribution in [0, 0.1) is 0 Å². The van der Waals surface area contributed by atoms with E-state index in [1.54, 1.807) is 18.2 Å². The second kappa shape index (κ2) is 8.19. The van der Waals surface area contributed by atoms with E-state index in [0.717, 1.165) is 35.5 Å². The average molecular weight is 272 g/mol. The smallest absolute Gasteiger partial charge is 0.138 e. The van der Waals surface area contributed by atoms with Gasteiger partial charge in [0, 0.05) is 23.6 Å². The Balaban J connectivity index is 3.17. The third-order valence-electron chi connectivity index (χ3n) is 2.96. The Bertz CT molecular complexity index is 566. The fraction of sp³-hybridized carbons (Fsp3) is 0.278. The molecule has 1 aromatic rings. The fourth-order valence-corrected chi connectivity index (χ4v) is 2.10. The highest BCUT2D eigenvalue weighted by Crippen LogP contribution is 2.26. The molecule has 1 nitrogen and oxygen atoms in total. The van der Waals surface area contributed by atoms with E-state index in [4.69, 9.17) is 4.42 Å². The summed E-state index contributed by atoms with van der Waals surface area (Å²) in [5, 5.41) is 0. The molecule has 0 N–H and O–H groups in total. The summed E-state index contributed by atoms with van der Waals surface area (Å²) < 4.78 is 18.5. The van der Waals surface area contributed by atoms with E-state index in [1.807, 2.05) is 13.0 Å². The van der Waals surface area contributed by atoms with Gasteiger partial charge in [-0.2, -0.15) is 0 Å². The lowest BCUT2D eigenvalue weighted by molar-refractivity contribution is 0.502. The monoisotopic (exact) mass is 272 g/mol. The largest absolute Gasteiger partial charge is 0.460 e. The summed E-state index contributed by atoms with van der Waals surface area (Å²) in [5.74, 6) is 1.34. The van der Waals surface area contributed by atoms with Gasteiger partial charge < -0.3 is 4.42 Å². The SMILES string of the molecule is C=CC=C=Cc1oc(CC)c(C/C=C/C(=C)F)c1CC. The Kier molecular flexibility index (Phi) is 6.55. The van der Waals surface area contributed by atoms with Gasteiger partial charge in [-0.1, -0.05) is 39.2 Å². The Morgan fingerprint density at radius 3 is 2.60 bits per heavy atom. The van der Waals surface area contributed by atoms with E-state index in [1.165, 1.54) is 6.08 Å². The zero-order valence-electron chi connectivity index (χ0n) is 12.2. The Morgan fingerprint density at radius 1 is 1.30 bits per heavy atom. The number of furan rings is 1. The van der Waals surface area contributed by atoms with Crippen molar-refractivity contribution in [3.8, 4) is 0 Å². The van der Waals surface area contributed by atoms with Crippen molar-refractivity contribution in [2.45, 2.75) is 33.1 Å². The predicted molar refractivity (Wildman–Crippen MR) is 83.3 cm³/mol. The molecule has 0 atom stereocenters. The summed E-state index contributed by atoms with van der Waals surface area (Å²) in [6.45, 7) is 11.0. The van der Waals surface area contributed by atoms with E-state index in [9.17, 15) is 4.39 Å². The van der Waals surface area contributed by atoms with Gasteiger partial charge in [0.25, 0.3) is 0 Å². The quantitative estimate of drug-likeness (QED) is 0.482. The van der Waals surface area contributed by atoms with E-state index in [-0.39, 0.29) is 0 Å². The summed E-state index contributed by atoms with van der Waals surface area (Å²) in [6, 6.07) is 0. The van der Waals surface area contributed by atoms with Crippen molar-refractivity contribution in [1.82, 2.24) is 0 Å². The molecule has 0 aromatic carbocycles. The topological polar surface area (TPSA) is 13.1 Å². The minimum absolute atomic E-state index is 0.432. The molecule has 0 saturated carbocycles. The molecule has 0 aliphatic rings. The molecular weight excluding hydrogens is 251 g/mol. The average Bonchev–Trinajstić information content (AvgIpc) is 2.76. The van der Waals surface area contributed by atoms with Crippen LogP contribution >= 0.6 is 0 Å². The van der Waals surface area contributed by atoms with Crippen LogP contribution < -0.4 is 0 Å². The van der Waals surface area contributed by atoms with Crippen molar-refractivity contribution >= 4 is 6.08 Å². The first-order valence-electron chi connectivity index (χ1n) is 6.81. The van der Waals surface area contributed by atoms with Crippen molar-refractivity contribution in [3.05, 3.63) is 71.7 Å². The van der Waals surface area contributed by atoms with Gasteiger partial charge in [0.2, 0.25) is 0 Å². The summed E-state index contributed by atoms with van der Waals surface area (Å²) in [6.07, 6.45) is 10.7. The molecule has 0 spiro atoms. The minimum atomic E-state index is -0.432. The first-order chi connectivity index (χ1) is 9.63. The molecule has 0 aliphatic carbocycles. The number of aryl methyl sites for hydroxylation is 1. The lowest BCUT2D eigenvalue weighted by Crippen LogP contribution is -1.91. The number of halogens is 1. The van der Waals surface area contributed by atoms with Crippen LogP contribution in [0.4, 0.5) is 4.39 Å². The van der Waals surface area contributed by atoms with Crippen LogP contribution in [0.25, 0.3) is 6.08 Å². The molecule has 0 bridgehead atoms. The normalized spacial score (nSPS) is 10.3. The maximum atomic E-state index is 12.6. The molecule has 20 heavy (non-hydrogen) atoms. The zero-order valence-corrected chi connectivity index (χ0v) is 12.2. The molecule has 0 saturated heterocycles. The van der Waals surface area contributed by atoms with Crippen molar-refractivity contribution in [3.63, 3.8) is 0 Å². The molecule has 0 fully saturated rings. The second-order valence-electron chi connectivity index (χ2n) is 4.32. The Hall–Kier alpha value is -2.05. The van der Waals surface area contributed by atoms with Gasteiger partial charge in [0.1, 0.15) is 17.3 Å². The van der Waals surface area contributed by atoms with E-state index in [0.29, 0.717) is 6.42 Å². The highest BCUT2D eigenvalue weighted by atomic mass is 19.1. The van der Waals surface area contributed by atoms with E-state index in [2.05, 4.69) is 25.8 Å². The van der Waals surface area contributed by atoms with E-state index >= 15 is 0 Å². The lowest BCUT2D eigenvalue weighted by Gasteiger charge is -1.99. The molecular formula is C18H21FO. The van der Waals surface area contributed by atoms with Crippen LogP contribution in [0.3, 0.4) is 0 Å². The predicted octanol–water partition coefficient (Wildman–Crippen LogP) is 5.34. The maximum Gasteiger partial charge on any atom is 0.138 e. The zero-order chi connectivity index (χ0) is 15.0. The third-order valence-corrected chi connectivity index (χ3v) is 2.96. The summed E-state index contributed by atoms with van der Waals surface area (Å²) in [5.41, 5.74) is 5.30. The van der Waals surface area contributed by atoms with Gasteiger partial charge in [-0.25, -0.2) is 4.39 Å². The van der Waals surface area contributed by atoms with Crippen molar-refractivity contribution in [1.29, 1.82) is 0 Å². The molecule has 0 aliphatic heterocycles. The highest BCUT2D eigenvalue weighted by Gasteiger charge is 2.15. The first-order valence-corrected chi connectivity index (χ1v) is 6.81. The van der Waals surface area contributed by atoms with Crippen LogP contribution in [-0.4, -0.2) is 0 Å². The Morgan fingerprint density at radius 2 is 2.05 bits per heavy atom. The molecule has 1 rings (SSSR count).